The van der Waals surface area contributed by atoms with Crippen molar-refractivity contribution >= 4 is 12.0 Å². The molecule has 1 aromatic carbocycles. The first kappa shape index (κ1) is 18.7. The third kappa shape index (κ3) is 6.88. The van der Waals surface area contributed by atoms with Gasteiger partial charge < -0.3 is 4.90 Å². The molecule has 132 valence electrons. The molecule has 0 radical (unpaired) electrons. The normalized spacial score (nSPS) is 16.0. The molecular weight excluding hydrogens is 296 g/mol. The number of hydrogen-bond donors (Lipinski definition) is 0. The van der Waals surface area contributed by atoms with E-state index in [2.05, 4.69) is 53.1 Å². The van der Waals surface area contributed by atoms with Gasteiger partial charge in [0.05, 0.1) is 0 Å². The Bertz CT molecular complexity index is 490. The number of nitrogens with zero attached hydrogens (tertiary/aromatic N) is 2. The molecule has 0 saturated carbocycles. The second-order valence-electron chi connectivity index (χ2n) is 6.66. The van der Waals surface area contributed by atoms with Gasteiger partial charge in [-0.1, -0.05) is 75.1 Å². The van der Waals surface area contributed by atoms with Gasteiger partial charge in [-0.3, -0.25) is 9.69 Å². The van der Waals surface area contributed by atoms with Crippen LogP contribution in [0.1, 0.15) is 51.0 Å². The van der Waals surface area contributed by atoms with Crippen LogP contribution in [0.25, 0.3) is 6.08 Å². The maximum atomic E-state index is 12.2. The Morgan fingerprint density at radius 3 is 2.42 bits per heavy atom. The van der Waals surface area contributed by atoms with E-state index >= 15 is 0 Å². The molecule has 1 aliphatic heterocycles. The molecule has 24 heavy (non-hydrogen) atoms. The molecule has 0 unspecified atom stereocenters. The summed E-state index contributed by atoms with van der Waals surface area (Å²) in [6.45, 7) is 6.93. The molecule has 1 aliphatic rings. The van der Waals surface area contributed by atoms with Gasteiger partial charge in [0, 0.05) is 39.1 Å². The highest BCUT2D eigenvalue weighted by Crippen LogP contribution is 2.09. The van der Waals surface area contributed by atoms with Crippen LogP contribution in [0.4, 0.5) is 0 Å². The van der Waals surface area contributed by atoms with E-state index in [9.17, 15) is 4.79 Å². The summed E-state index contributed by atoms with van der Waals surface area (Å²) in [7, 11) is 0. The highest BCUT2D eigenvalue weighted by Gasteiger charge is 2.19. The average molecular weight is 329 g/mol. The third-order valence-corrected chi connectivity index (χ3v) is 4.69. The molecule has 2 rings (SSSR count). The Balaban J connectivity index is 1.60. The highest BCUT2D eigenvalue weighted by atomic mass is 16.2. The minimum absolute atomic E-state index is 0.353. The monoisotopic (exact) mass is 328 g/mol. The maximum absolute atomic E-state index is 12.2. The van der Waals surface area contributed by atoms with Crippen LogP contribution in [0.5, 0.6) is 0 Å². The Hall–Kier alpha value is -1.61. The quantitative estimate of drug-likeness (QED) is 0.634. The molecule has 1 fully saturated rings. The van der Waals surface area contributed by atoms with Crippen molar-refractivity contribution in [1.29, 1.82) is 0 Å². The fourth-order valence-corrected chi connectivity index (χ4v) is 3.12. The fraction of sp³-hybridized carbons (Fsp3) is 0.571. The van der Waals surface area contributed by atoms with Crippen molar-refractivity contribution in [1.82, 2.24) is 9.80 Å². The summed E-state index contributed by atoms with van der Waals surface area (Å²) in [5, 5.41) is 0. The van der Waals surface area contributed by atoms with Crippen molar-refractivity contribution in [2.45, 2.75) is 45.4 Å². The van der Waals surface area contributed by atoms with Crippen molar-refractivity contribution in [3.8, 4) is 0 Å². The van der Waals surface area contributed by atoms with E-state index in [0.29, 0.717) is 5.91 Å². The summed E-state index contributed by atoms with van der Waals surface area (Å²) in [4.78, 5) is 16.7. The lowest BCUT2D eigenvalue weighted by molar-refractivity contribution is -0.133. The molecule has 1 heterocycles. The van der Waals surface area contributed by atoms with Gasteiger partial charge in [-0.2, -0.15) is 0 Å². The van der Waals surface area contributed by atoms with Crippen molar-refractivity contribution in [3.63, 3.8) is 0 Å². The molecule has 0 atom stereocenters. The number of carbonyl (C=O) groups excluding carboxylic acids is 1. The molecule has 0 N–H and O–H groups in total. The molecule has 0 bridgehead atoms. The van der Waals surface area contributed by atoms with Gasteiger partial charge in [-0.05, 0) is 12.0 Å². The zero-order valence-corrected chi connectivity index (χ0v) is 15.1. The molecule has 0 spiro atoms. The van der Waals surface area contributed by atoms with E-state index in [1.54, 1.807) is 0 Å². The first-order valence-electron chi connectivity index (χ1n) is 9.51. The van der Waals surface area contributed by atoms with Gasteiger partial charge in [0.25, 0.3) is 0 Å². The average Bonchev–Trinajstić information content (AvgIpc) is 2.63. The Morgan fingerprint density at radius 1 is 1.00 bits per heavy atom. The molecule has 1 saturated heterocycles. The molecule has 1 aromatic rings. The third-order valence-electron chi connectivity index (χ3n) is 4.69. The second-order valence-corrected chi connectivity index (χ2v) is 6.66. The highest BCUT2D eigenvalue weighted by molar-refractivity contribution is 5.76. The largest absolute Gasteiger partial charge is 0.340 e. The number of piperazine rings is 1. The first-order valence-corrected chi connectivity index (χ1v) is 9.51. The standard InChI is InChI=1S/C21H32N2O/c1-2-3-4-5-9-14-21(24)23-18-16-22(17-19-23)15-10-13-20-11-7-6-8-12-20/h6-8,10-13H,2-5,9,14-19H2,1H3/b13-10+. The molecule has 3 nitrogen and oxygen atoms in total. The van der Waals surface area contributed by atoms with Crippen LogP contribution in [-0.4, -0.2) is 48.4 Å². The maximum Gasteiger partial charge on any atom is 0.222 e. The second kappa shape index (κ2) is 11.0. The number of amides is 1. The topological polar surface area (TPSA) is 23.6 Å². The van der Waals surface area contributed by atoms with E-state index in [0.717, 1.165) is 45.6 Å². The van der Waals surface area contributed by atoms with Crippen molar-refractivity contribution in [3.05, 3.63) is 42.0 Å². The van der Waals surface area contributed by atoms with Crippen LogP contribution in [-0.2, 0) is 4.79 Å². The van der Waals surface area contributed by atoms with Crippen LogP contribution >= 0.6 is 0 Å². The summed E-state index contributed by atoms with van der Waals surface area (Å²) >= 11 is 0. The van der Waals surface area contributed by atoms with E-state index in [4.69, 9.17) is 0 Å². The van der Waals surface area contributed by atoms with Gasteiger partial charge in [-0.25, -0.2) is 0 Å². The van der Waals surface area contributed by atoms with E-state index in [-0.39, 0.29) is 0 Å². The van der Waals surface area contributed by atoms with Gasteiger partial charge in [0.15, 0.2) is 0 Å². The van der Waals surface area contributed by atoms with E-state index in [1.807, 2.05) is 6.07 Å². The predicted octanol–water partition coefficient (Wildman–Crippen LogP) is 4.20. The van der Waals surface area contributed by atoms with Gasteiger partial charge in [0.1, 0.15) is 0 Å². The minimum Gasteiger partial charge on any atom is -0.340 e. The van der Waals surface area contributed by atoms with Gasteiger partial charge in [0.2, 0.25) is 5.91 Å². The fourth-order valence-electron chi connectivity index (χ4n) is 3.12. The molecular formula is C21H32N2O. The van der Waals surface area contributed by atoms with E-state index < -0.39 is 0 Å². The lowest BCUT2D eigenvalue weighted by Gasteiger charge is -2.34. The summed E-state index contributed by atoms with van der Waals surface area (Å²) in [6.07, 6.45) is 11.2. The Morgan fingerprint density at radius 2 is 1.71 bits per heavy atom. The van der Waals surface area contributed by atoms with Crippen molar-refractivity contribution in [2.75, 3.05) is 32.7 Å². The number of benzene rings is 1. The van der Waals surface area contributed by atoms with Gasteiger partial charge >= 0.3 is 0 Å². The van der Waals surface area contributed by atoms with Crippen LogP contribution in [0, 0.1) is 0 Å². The van der Waals surface area contributed by atoms with Crippen LogP contribution in [0.3, 0.4) is 0 Å². The van der Waals surface area contributed by atoms with Crippen molar-refractivity contribution < 1.29 is 4.79 Å². The number of hydrogen-bond acceptors (Lipinski definition) is 2. The summed E-state index contributed by atoms with van der Waals surface area (Å²) in [6, 6.07) is 10.4. The Labute approximate surface area is 147 Å². The summed E-state index contributed by atoms with van der Waals surface area (Å²) in [5.41, 5.74) is 1.24. The minimum atomic E-state index is 0.353. The zero-order valence-electron chi connectivity index (χ0n) is 15.1. The smallest absolute Gasteiger partial charge is 0.222 e. The number of unbranched alkanes of at least 4 members (excludes halogenated alkanes) is 4. The summed E-state index contributed by atoms with van der Waals surface area (Å²) < 4.78 is 0. The van der Waals surface area contributed by atoms with Crippen LogP contribution < -0.4 is 0 Å². The predicted molar refractivity (Wildman–Crippen MR) is 102 cm³/mol. The molecule has 1 amide bonds. The lowest BCUT2D eigenvalue weighted by Crippen LogP contribution is -2.48. The number of rotatable bonds is 9. The first-order chi connectivity index (χ1) is 11.8. The zero-order chi connectivity index (χ0) is 17.0. The molecule has 0 aromatic heterocycles. The molecule has 3 heteroatoms. The van der Waals surface area contributed by atoms with Crippen molar-refractivity contribution in [2.24, 2.45) is 0 Å². The summed E-state index contributed by atoms with van der Waals surface area (Å²) in [5.74, 6) is 0.353. The molecule has 0 aliphatic carbocycles. The van der Waals surface area contributed by atoms with Crippen LogP contribution in [0.15, 0.2) is 36.4 Å². The number of carbonyl (C=O) groups is 1. The lowest BCUT2D eigenvalue weighted by atomic mass is 10.1. The SMILES string of the molecule is CCCCCCCC(=O)N1CCN(C/C=C/c2ccccc2)CC1. The van der Waals surface area contributed by atoms with E-state index in [1.165, 1.54) is 31.2 Å². The van der Waals surface area contributed by atoms with Gasteiger partial charge in [-0.15, -0.1) is 0 Å². The Kier molecular flexibility index (Phi) is 8.61. The van der Waals surface area contributed by atoms with Crippen LogP contribution in [0.2, 0.25) is 0 Å².